The first-order chi connectivity index (χ1) is 26.6. The van der Waals surface area contributed by atoms with Gasteiger partial charge in [0.15, 0.2) is 0 Å². The van der Waals surface area contributed by atoms with E-state index >= 15 is 0 Å². The number of ether oxygens (including phenoxy) is 6. The molecule has 2 aliphatic heterocycles. The fourth-order valence-electron chi connectivity index (χ4n) is 7.63. The lowest BCUT2D eigenvalue weighted by atomic mass is 9.89. The molecule has 2 saturated heterocycles. The lowest BCUT2D eigenvalue weighted by molar-refractivity contribution is -0.0458. The molecule has 2 bridgehead atoms. The lowest BCUT2D eigenvalue weighted by Gasteiger charge is -2.43. The quantitative estimate of drug-likeness (QED) is 0.137. The van der Waals surface area contributed by atoms with Gasteiger partial charge in [0.25, 0.3) is 5.88 Å². The van der Waals surface area contributed by atoms with Crippen LogP contribution >= 0.6 is 0 Å². The molecule has 3 atom stereocenters. The molecule has 0 unspecified atom stereocenters. The predicted octanol–water partition coefficient (Wildman–Crippen LogP) is 3.81. The van der Waals surface area contributed by atoms with Crippen LogP contribution in [0, 0.1) is 11.3 Å². The molecule has 1 N–H and O–H groups in total. The Kier molecular flexibility index (Phi) is 12.9. The fraction of sp³-hybridized carbons (Fsp3) is 0.595. The minimum atomic E-state index is -0.280. The van der Waals surface area contributed by atoms with Crippen LogP contribution in [0.5, 0.6) is 11.6 Å². The first-order valence-corrected chi connectivity index (χ1v) is 18.8. The second-order valence-electron chi connectivity index (χ2n) is 13.9. The minimum absolute atomic E-state index is 0.269. The SMILES string of the molecule is COCCOCCOCCOc1nn(C2CCC(N3[C@@H]4CC[C@H]3COC4)CC2)cc1Nc1ncc(-c2ccc(C#N)c(O[C@@H](C)Cn3cnnn3)c2)cn1. The van der Waals surface area contributed by atoms with Gasteiger partial charge in [-0.15, -0.1) is 10.2 Å². The molecule has 17 heteroatoms. The first-order valence-electron chi connectivity index (χ1n) is 18.8. The smallest absolute Gasteiger partial charge is 0.257 e. The molecule has 3 aliphatic rings. The molecular formula is C37H49N11O6. The summed E-state index contributed by atoms with van der Waals surface area (Å²) in [6.07, 6.45) is 13.6. The molecule has 7 rings (SSSR count). The molecule has 4 aromatic rings. The van der Waals surface area contributed by atoms with Crippen LogP contribution in [0.2, 0.25) is 0 Å². The second kappa shape index (κ2) is 18.5. The van der Waals surface area contributed by atoms with Crippen molar-refractivity contribution in [1.29, 1.82) is 5.26 Å². The average Bonchev–Trinajstić information content (AvgIpc) is 3.92. The van der Waals surface area contributed by atoms with Gasteiger partial charge in [-0.3, -0.25) is 9.58 Å². The fourth-order valence-corrected chi connectivity index (χ4v) is 7.63. The standard InChI is InChI=1S/C37H49N11O6/c1-26(21-46-25-41-44-45-46)54-35-17-27(3-4-28(35)18-38)29-19-39-37(40-20-29)42-34-22-47(43-36(34)53-16-15-51-14-13-50-12-11-49-2)30-5-7-31(8-6-30)48-32-9-10-33(48)24-52-23-32/h3-4,17,19-20,22,25-26,30-33H,5-16,21,23-24H2,1-2H3,(H,39,40,42)/t26-,30?,31?,32-,33+/m0/s1. The maximum absolute atomic E-state index is 9.71. The van der Waals surface area contributed by atoms with Crippen LogP contribution in [-0.4, -0.2) is 129 Å². The molecule has 17 nitrogen and oxygen atoms in total. The van der Waals surface area contributed by atoms with E-state index in [0.29, 0.717) is 93.1 Å². The zero-order valence-electron chi connectivity index (χ0n) is 31.0. The normalized spacial score (nSPS) is 21.8. The van der Waals surface area contributed by atoms with Crippen molar-refractivity contribution in [3.63, 3.8) is 0 Å². The number of nitrogens with zero attached hydrogens (tertiary/aromatic N) is 10. The highest BCUT2D eigenvalue weighted by Gasteiger charge is 2.42. The Hall–Kier alpha value is -4.73. The summed E-state index contributed by atoms with van der Waals surface area (Å²) in [5.41, 5.74) is 2.69. The minimum Gasteiger partial charge on any atom is -0.487 e. The lowest BCUT2D eigenvalue weighted by Crippen LogP contribution is -2.52. The predicted molar refractivity (Wildman–Crippen MR) is 195 cm³/mol. The van der Waals surface area contributed by atoms with E-state index in [2.05, 4.69) is 41.8 Å². The Bertz CT molecular complexity index is 1780. The number of hydrogen-bond donors (Lipinski definition) is 1. The van der Waals surface area contributed by atoms with Gasteiger partial charge >= 0.3 is 0 Å². The molecule has 0 spiro atoms. The first kappa shape index (κ1) is 37.6. The molecule has 5 heterocycles. The Morgan fingerprint density at radius 2 is 1.61 bits per heavy atom. The van der Waals surface area contributed by atoms with E-state index < -0.39 is 0 Å². The van der Waals surface area contributed by atoms with Gasteiger partial charge in [0.2, 0.25) is 5.95 Å². The third-order valence-corrected chi connectivity index (χ3v) is 10.2. The number of hydrogen-bond acceptors (Lipinski definition) is 15. The monoisotopic (exact) mass is 743 g/mol. The number of nitrogens with one attached hydrogen (secondary N) is 1. The number of tetrazole rings is 1. The number of anilines is 2. The maximum atomic E-state index is 9.71. The van der Waals surface area contributed by atoms with Gasteiger partial charge in [0.05, 0.1) is 70.6 Å². The van der Waals surface area contributed by atoms with Crippen LogP contribution < -0.4 is 14.8 Å². The van der Waals surface area contributed by atoms with Gasteiger partial charge < -0.3 is 33.7 Å². The maximum Gasteiger partial charge on any atom is 0.257 e. The third-order valence-electron chi connectivity index (χ3n) is 10.2. The van der Waals surface area contributed by atoms with E-state index in [4.69, 9.17) is 33.5 Å². The average molecular weight is 744 g/mol. The Morgan fingerprint density at radius 3 is 2.31 bits per heavy atom. The summed E-state index contributed by atoms with van der Waals surface area (Å²) in [6, 6.07) is 9.63. The number of morpholine rings is 1. The van der Waals surface area contributed by atoms with E-state index in [0.717, 1.165) is 50.0 Å². The van der Waals surface area contributed by atoms with Crippen molar-refractivity contribution in [2.75, 3.05) is 65.3 Å². The largest absolute Gasteiger partial charge is 0.487 e. The summed E-state index contributed by atoms with van der Waals surface area (Å²) in [5.74, 6) is 1.33. The van der Waals surface area contributed by atoms with E-state index in [1.165, 1.54) is 19.2 Å². The summed E-state index contributed by atoms with van der Waals surface area (Å²) >= 11 is 0. The van der Waals surface area contributed by atoms with Crippen molar-refractivity contribution in [2.45, 2.75) is 82.3 Å². The van der Waals surface area contributed by atoms with E-state index in [9.17, 15) is 5.26 Å². The molecule has 288 valence electrons. The molecule has 54 heavy (non-hydrogen) atoms. The number of fused-ring (bicyclic) bond motifs is 2. The van der Waals surface area contributed by atoms with Gasteiger partial charge in [0, 0.05) is 43.2 Å². The number of benzene rings is 1. The van der Waals surface area contributed by atoms with Gasteiger partial charge in [-0.05, 0) is 73.6 Å². The Morgan fingerprint density at radius 1 is 0.907 bits per heavy atom. The third kappa shape index (κ3) is 9.49. The van der Waals surface area contributed by atoms with Gasteiger partial charge in [-0.2, -0.15) is 5.26 Å². The van der Waals surface area contributed by atoms with Crippen molar-refractivity contribution >= 4 is 11.6 Å². The molecule has 1 aliphatic carbocycles. The number of nitriles is 1. The zero-order valence-corrected chi connectivity index (χ0v) is 31.0. The highest BCUT2D eigenvalue weighted by molar-refractivity contribution is 5.67. The van der Waals surface area contributed by atoms with Crippen molar-refractivity contribution in [3.8, 4) is 28.8 Å². The van der Waals surface area contributed by atoms with Crippen molar-refractivity contribution in [1.82, 2.24) is 44.9 Å². The number of aromatic nitrogens is 8. The van der Waals surface area contributed by atoms with Crippen molar-refractivity contribution in [3.05, 3.63) is 48.7 Å². The summed E-state index contributed by atoms with van der Waals surface area (Å²) in [5, 5.41) is 29.2. The van der Waals surface area contributed by atoms with E-state index in [-0.39, 0.29) is 12.1 Å². The van der Waals surface area contributed by atoms with Crippen molar-refractivity contribution in [2.24, 2.45) is 0 Å². The molecule has 1 saturated carbocycles. The highest BCUT2D eigenvalue weighted by atomic mass is 16.6. The molecule has 0 amide bonds. The summed E-state index contributed by atoms with van der Waals surface area (Å²) in [4.78, 5) is 12.0. The van der Waals surface area contributed by atoms with Gasteiger partial charge in [0.1, 0.15) is 36.5 Å². The highest BCUT2D eigenvalue weighted by Crippen LogP contribution is 2.39. The molecule has 1 aromatic carbocycles. The summed E-state index contributed by atoms with van der Waals surface area (Å²) in [6.45, 7) is 6.83. The molecular weight excluding hydrogens is 694 g/mol. The Balaban J connectivity index is 0.999. The second-order valence-corrected chi connectivity index (χ2v) is 13.9. The van der Waals surface area contributed by atoms with Crippen LogP contribution in [-0.2, 0) is 25.5 Å². The topological polar surface area (TPSA) is 182 Å². The summed E-state index contributed by atoms with van der Waals surface area (Å²) < 4.78 is 37.9. The van der Waals surface area contributed by atoms with Crippen LogP contribution in [0.1, 0.15) is 57.1 Å². The van der Waals surface area contributed by atoms with E-state index in [1.807, 2.05) is 29.9 Å². The molecule has 0 radical (unpaired) electrons. The van der Waals surface area contributed by atoms with Crippen molar-refractivity contribution < 1.29 is 28.4 Å². The zero-order chi connectivity index (χ0) is 37.1. The van der Waals surface area contributed by atoms with Crippen LogP contribution in [0.3, 0.4) is 0 Å². The number of rotatable bonds is 19. The van der Waals surface area contributed by atoms with Gasteiger partial charge in [-0.25, -0.2) is 14.6 Å². The Labute approximate surface area is 314 Å². The van der Waals surface area contributed by atoms with Crippen LogP contribution in [0.25, 0.3) is 11.1 Å². The molecule has 3 fully saturated rings. The molecule has 3 aromatic heterocycles. The van der Waals surface area contributed by atoms with Crippen LogP contribution in [0.4, 0.5) is 11.6 Å². The number of methoxy groups -OCH3 is 1. The van der Waals surface area contributed by atoms with Crippen LogP contribution in [0.15, 0.2) is 43.1 Å². The van der Waals surface area contributed by atoms with E-state index in [1.54, 1.807) is 30.3 Å². The van der Waals surface area contributed by atoms with Gasteiger partial charge in [-0.1, -0.05) is 6.07 Å². The summed E-state index contributed by atoms with van der Waals surface area (Å²) in [7, 11) is 1.65.